The zero-order valence-corrected chi connectivity index (χ0v) is 17.1. The van der Waals surface area contributed by atoms with E-state index in [1.807, 2.05) is 16.7 Å². The van der Waals surface area contributed by atoms with Crippen LogP contribution >= 0.6 is 0 Å². The summed E-state index contributed by atoms with van der Waals surface area (Å²) in [6.45, 7) is 7.86. The van der Waals surface area contributed by atoms with Crippen molar-refractivity contribution in [1.29, 1.82) is 0 Å². The molecule has 0 radical (unpaired) electrons. The molecule has 0 spiro atoms. The van der Waals surface area contributed by atoms with Gasteiger partial charge in [0, 0.05) is 58.8 Å². The van der Waals surface area contributed by atoms with Crippen molar-refractivity contribution < 1.29 is 18.0 Å². The van der Waals surface area contributed by atoms with E-state index in [0.29, 0.717) is 45.7 Å². The number of alkyl halides is 3. The fourth-order valence-corrected chi connectivity index (χ4v) is 3.68. The summed E-state index contributed by atoms with van der Waals surface area (Å²) in [5.41, 5.74) is 0. The number of rotatable bonds is 6. The van der Waals surface area contributed by atoms with Crippen LogP contribution in [0, 0.1) is 0 Å². The Morgan fingerprint density at radius 1 is 1.14 bits per heavy atom. The van der Waals surface area contributed by atoms with Gasteiger partial charge in [-0.3, -0.25) is 14.7 Å². The van der Waals surface area contributed by atoms with Gasteiger partial charge in [-0.25, -0.2) is 0 Å². The number of nitrogens with one attached hydrogen (secondary N) is 1. The van der Waals surface area contributed by atoms with Crippen LogP contribution in [0.2, 0.25) is 0 Å². The summed E-state index contributed by atoms with van der Waals surface area (Å²) in [6, 6.07) is -1.42. The molecule has 9 heteroatoms. The van der Waals surface area contributed by atoms with Gasteiger partial charge in [-0.15, -0.1) is 0 Å². The Balaban J connectivity index is 1.81. The van der Waals surface area contributed by atoms with Gasteiger partial charge >= 0.3 is 6.18 Å². The Morgan fingerprint density at radius 2 is 1.86 bits per heavy atom. The van der Waals surface area contributed by atoms with Gasteiger partial charge in [0.1, 0.15) is 6.04 Å². The SMILES string of the molecule is CCNC(=NCCCN1CCCCCC1=O)N1CCN(C(C)C(F)(F)F)CC1. The van der Waals surface area contributed by atoms with Crippen molar-refractivity contribution in [3.63, 3.8) is 0 Å². The predicted molar refractivity (Wildman–Crippen MR) is 104 cm³/mol. The van der Waals surface area contributed by atoms with E-state index >= 15 is 0 Å². The van der Waals surface area contributed by atoms with E-state index in [1.54, 1.807) is 0 Å². The maximum absolute atomic E-state index is 12.9. The Hall–Kier alpha value is -1.51. The first kappa shape index (κ1) is 22.8. The molecule has 2 saturated heterocycles. The molecule has 1 N–H and O–H groups in total. The largest absolute Gasteiger partial charge is 0.403 e. The standard InChI is InChI=1S/C19H34F3N5O/c1-3-23-18(24-9-7-11-26-10-6-4-5-8-17(26)28)27-14-12-25(13-15-27)16(2)19(20,21)22/h16H,3-15H2,1-2H3,(H,23,24). The van der Waals surface area contributed by atoms with Crippen molar-refractivity contribution in [2.45, 2.75) is 58.2 Å². The maximum Gasteiger partial charge on any atom is 0.403 e. The van der Waals surface area contributed by atoms with Crippen LogP contribution in [-0.4, -0.2) is 91.1 Å². The Kier molecular flexibility index (Phi) is 8.85. The Labute approximate surface area is 166 Å². The number of aliphatic imine (C=N–C) groups is 1. The van der Waals surface area contributed by atoms with E-state index in [-0.39, 0.29) is 5.91 Å². The molecule has 1 atom stereocenters. The van der Waals surface area contributed by atoms with Gasteiger partial charge in [0.05, 0.1) is 0 Å². The highest BCUT2D eigenvalue weighted by molar-refractivity contribution is 5.80. The molecule has 6 nitrogen and oxygen atoms in total. The molecule has 0 aromatic carbocycles. The number of hydrogen-bond donors (Lipinski definition) is 1. The van der Waals surface area contributed by atoms with E-state index in [4.69, 9.17) is 0 Å². The summed E-state index contributed by atoms with van der Waals surface area (Å²) < 4.78 is 38.7. The molecule has 0 aromatic heterocycles. The first-order valence-corrected chi connectivity index (χ1v) is 10.4. The fraction of sp³-hybridized carbons (Fsp3) is 0.895. The van der Waals surface area contributed by atoms with Crippen LogP contribution in [0.1, 0.15) is 46.0 Å². The summed E-state index contributed by atoms with van der Waals surface area (Å²) >= 11 is 0. The number of nitrogens with zero attached hydrogens (tertiary/aromatic N) is 4. The molecular weight excluding hydrogens is 371 g/mol. The lowest BCUT2D eigenvalue weighted by molar-refractivity contribution is -0.181. The minimum atomic E-state index is -4.19. The van der Waals surface area contributed by atoms with Crippen molar-refractivity contribution in [3.05, 3.63) is 0 Å². The Morgan fingerprint density at radius 3 is 2.50 bits per heavy atom. The third-order valence-corrected chi connectivity index (χ3v) is 5.49. The van der Waals surface area contributed by atoms with Crippen molar-refractivity contribution in [1.82, 2.24) is 20.0 Å². The molecule has 2 aliphatic rings. The average molecular weight is 406 g/mol. The van der Waals surface area contributed by atoms with Crippen LogP contribution in [0.4, 0.5) is 13.2 Å². The van der Waals surface area contributed by atoms with E-state index < -0.39 is 12.2 Å². The molecule has 0 aromatic rings. The number of amides is 1. The molecule has 2 aliphatic heterocycles. The first-order valence-electron chi connectivity index (χ1n) is 10.4. The van der Waals surface area contributed by atoms with E-state index in [0.717, 1.165) is 44.7 Å². The normalized spacial score (nSPS) is 21.6. The lowest BCUT2D eigenvalue weighted by Gasteiger charge is -2.39. The molecular formula is C19H34F3N5O. The van der Waals surface area contributed by atoms with E-state index in [2.05, 4.69) is 10.3 Å². The number of hydrogen-bond acceptors (Lipinski definition) is 3. The summed E-state index contributed by atoms with van der Waals surface area (Å²) in [5.74, 6) is 0.993. The van der Waals surface area contributed by atoms with Crippen LogP contribution in [0.15, 0.2) is 4.99 Å². The number of carbonyl (C=O) groups excluding carboxylic acids is 1. The summed E-state index contributed by atoms with van der Waals surface area (Å²) in [4.78, 5) is 22.1. The molecule has 0 aliphatic carbocycles. The zero-order valence-electron chi connectivity index (χ0n) is 17.1. The highest BCUT2D eigenvalue weighted by Gasteiger charge is 2.41. The second kappa shape index (κ2) is 10.9. The molecule has 2 fully saturated rings. The lowest BCUT2D eigenvalue weighted by atomic mass is 10.2. The molecule has 2 heterocycles. The van der Waals surface area contributed by atoms with Gasteiger partial charge in [0.25, 0.3) is 0 Å². The average Bonchev–Trinajstić information content (AvgIpc) is 2.87. The lowest BCUT2D eigenvalue weighted by Crippen LogP contribution is -2.56. The van der Waals surface area contributed by atoms with Crippen LogP contribution < -0.4 is 5.32 Å². The molecule has 1 amide bonds. The minimum Gasteiger partial charge on any atom is -0.357 e. The third kappa shape index (κ3) is 6.83. The first-order chi connectivity index (χ1) is 13.3. The quantitative estimate of drug-likeness (QED) is 0.419. The number of halogens is 3. The summed E-state index contributed by atoms with van der Waals surface area (Å²) in [6.07, 6.45) is 0.420. The predicted octanol–water partition coefficient (Wildman–Crippen LogP) is 2.31. The van der Waals surface area contributed by atoms with Gasteiger partial charge in [0.15, 0.2) is 5.96 Å². The second-order valence-electron chi connectivity index (χ2n) is 7.52. The molecule has 2 rings (SSSR count). The summed E-state index contributed by atoms with van der Waals surface area (Å²) in [5, 5.41) is 3.24. The Bertz CT molecular complexity index is 518. The van der Waals surface area contributed by atoms with Crippen LogP contribution in [0.25, 0.3) is 0 Å². The van der Waals surface area contributed by atoms with Crippen molar-refractivity contribution in [3.8, 4) is 0 Å². The number of guanidine groups is 1. The van der Waals surface area contributed by atoms with Crippen LogP contribution in [0.3, 0.4) is 0 Å². The number of likely N-dealkylation sites (tertiary alicyclic amines) is 1. The van der Waals surface area contributed by atoms with Crippen LogP contribution in [-0.2, 0) is 4.79 Å². The summed E-state index contributed by atoms with van der Waals surface area (Å²) in [7, 11) is 0. The van der Waals surface area contributed by atoms with Crippen molar-refractivity contribution in [2.75, 3.05) is 52.4 Å². The van der Waals surface area contributed by atoms with Crippen molar-refractivity contribution >= 4 is 11.9 Å². The molecule has 0 saturated carbocycles. The van der Waals surface area contributed by atoms with E-state index in [9.17, 15) is 18.0 Å². The zero-order chi connectivity index (χ0) is 20.6. The highest BCUT2D eigenvalue weighted by atomic mass is 19.4. The molecule has 1 unspecified atom stereocenters. The highest BCUT2D eigenvalue weighted by Crippen LogP contribution is 2.25. The fourth-order valence-electron chi connectivity index (χ4n) is 3.68. The molecule has 0 bridgehead atoms. The maximum atomic E-state index is 12.9. The van der Waals surface area contributed by atoms with E-state index in [1.165, 1.54) is 11.8 Å². The van der Waals surface area contributed by atoms with Crippen molar-refractivity contribution in [2.24, 2.45) is 4.99 Å². The van der Waals surface area contributed by atoms with Crippen LogP contribution in [0.5, 0.6) is 0 Å². The topological polar surface area (TPSA) is 51.2 Å². The van der Waals surface area contributed by atoms with Gasteiger partial charge in [-0.1, -0.05) is 6.42 Å². The monoisotopic (exact) mass is 405 g/mol. The minimum absolute atomic E-state index is 0.239. The molecule has 28 heavy (non-hydrogen) atoms. The molecule has 162 valence electrons. The number of carbonyl (C=O) groups is 1. The second-order valence-corrected chi connectivity index (χ2v) is 7.52. The number of piperazine rings is 1. The van der Waals surface area contributed by atoms with Gasteiger partial charge in [0.2, 0.25) is 5.91 Å². The smallest absolute Gasteiger partial charge is 0.357 e. The van der Waals surface area contributed by atoms with Gasteiger partial charge in [-0.2, -0.15) is 13.2 Å². The third-order valence-electron chi connectivity index (χ3n) is 5.49. The van der Waals surface area contributed by atoms with Gasteiger partial charge < -0.3 is 15.1 Å². The van der Waals surface area contributed by atoms with Gasteiger partial charge in [-0.05, 0) is 33.1 Å².